The Balaban J connectivity index is 2.38. The van der Waals surface area contributed by atoms with Crippen LogP contribution in [0, 0.1) is 0 Å². The molecule has 6 nitrogen and oxygen atoms in total. The fraction of sp³-hybridized carbons (Fsp3) is 0.350. The van der Waals surface area contributed by atoms with Gasteiger partial charge in [-0.1, -0.05) is 26.0 Å². The maximum atomic E-state index is 10.0. The third-order valence-electron chi connectivity index (χ3n) is 4.11. The quantitative estimate of drug-likeness (QED) is 0.592. The Bertz CT molecular complexity index is 815. The lowest BCUT2D eigenvalue weighted by Crippen LogP contribution is -2.03. The fourth-order valence-electron chi connectivity index (χ4n) is 2.78. The monoisotopic (exact) mass is 394 g/mol. The van der Waals surface area contributed by atoms with E-state index in [4.69, 9.17) is 14.2 Å². The van der Waals surface area contributed by atoms with E-state index < -0.39 is 7.34 Å². The van der Waals surface area contributed by atoms with Crippen LogP contribution in [0.4, 0.5) is 0 Å². The van der Waals surface area contributed by atoms with Crippen LogP contribution in [0.15, 0.2) is 30.3 Å². The van der Waals surface area contributed by atoms with Gasteiger partial charge in [0.2, 0.25) is 0 Å². The number of hydrogen-bond acceptors (Lipinski definition) is 6. The first-order valence-corrected chi connectivity index (χ1v) is 10.6. The van der Waals surface area contributed by atoms with Crippen molar-refractivity contribution >= 4 is 13.6 Å². The Morgan fingerprint density at radius 2 is 1.63 bits per heavy atom. The molecule has 0 aliphatic heterocycles. The van der Waals surface area contributed by atoms with Gasteiger partial charge in [-0.3, -0.25) is 0 Å². The Kier molecular flexibility index (Phi) is 6.82. The number of ether oxygens (including phenoxy) is 3. The van der Waals surface area contributed by atoms with Crippen molar-refractivity contribution in [2.24, 2.45) is 0 Å². The molecular formula is C20H27O6P. The minimum atomic E-state index is -3.29. The summed E-state index contributed by atoms with van der Waals surface area (Å²) in [6.07, 6.45) is 3.55. The smallest absolute Gasteiger partial charge is 0.152 e. The summed E-state index contributed by atoms with van der Waals surface area (Å²) in [7, 11) is -0.191. The van der Waals surface area contributed by atoms with E-state index in [-0.39, 0.29) is 18.0 Å². The minimum Gasteiger partial charge on any atom is -0.508 e. The molecule has 2 rings (SSSR count). The SMILES string of the molecule is C=P(O)(O)COc1cc(OC)c(Cc2ccc(O)c(C(C)C)c2)c(OC)c1. The zero-order valence-electron chi connectivity index (χ0n) is 16.1. The van der Waals surface area contributed by atoms with Gasteiger partial charge in [-0.25, -0.2) is 0 Å². The van der Waals surface area contributed by atoms with Crippen molar-refractivity contribution in [3.05, 3.63) is 47.0 Å². The summed E-state index contributed by atoms with van der Waals surface area (Å²) in [5.41, 5.74) is 2.72. The van der Waals surface area contributed by atoms with E-state index in [9.17, 15) is 14.9 Å². The maximum absolute atomic E-state index is 10.0. The van der Waals surface area contributed by atoms with E-state index >= 15 is 0 Å². The minimum absolute atomic E-state index is 0.202. The Hall–Kier alpha value is -2.14. The number of phenolic OH excluding ortho intramolecular Hbond substituents is 1. The van der Waals surface area contributed by atoms with E-state index in [2.05, 4.69) is 6.30 Å². The lowest BCUT2D eigenvalue weighted by Gasteiger charge is -2.18. The van der Waals surface area contributed by atoms with Crippen molar-refractivity contribution in [2.45, 2.75) is 26.2 Å². The van der Waals surface area contributed by atoms with Crippen molar-refractivity contribution in [1.82, 2.24) is 0 Å². The number of aromatic hydroxyl groups is 1. The number of methoxy groups -OCH3 is 2. The van der Waals surface area contributed by atoms with E-state index in [0.717, 1.165) is 16.7 Å². The molecule has 0 aliphatic rings. The van der Waals surface area contributed by atoms with Gasteiger partial charge in [0.05, 0.1) is 14.2 Å². The molecular weight excluding hydrogens is 367 g/mol. The molecule has 2 aromatic rings. The second kappa shape index (κ2) is 8.70. The molecule has 2 aromatic carbocycles. The average Bonchev–Trinajstić information content (AvgIpc) is 2.61. The zero-order chi connectivity index (χ0) is 20.2. The van der Waals surface area contributed by atoms with Crippen molar-refractivity contribution in [3.8, 4) is 23.0 Å². The van der Waals surface area contributed by atoms with Gasteiger partial charge < -0.3 is 29.1 Å². The van der Waals surface area contributed by atoms with Crippen LogP contribution in [0.1, 0.15) is 36.5 Å². The molecule has 148 valence electrons. The lowest BCUT2D eigenvalue weighted by atomic mass is 9.96. The molecule has 0 radical (unpaired) electrons. The summed E-state index contributed by atoms with van der Waals surface area (Å²) < 4.78 is 16.4. The summed E-state index contributed by atoms with van der Waals surface area (Å²) >= 11 is 0. The van der Waals surface area contributed by atoms with Crippen LogP contribution in [-0.4, -0.2) is 41.8 Å². The predicted molar refractivity (Wildman–Crippen MR) is 109 cm³/mol. The first-order chi connectivity index (χ1) is 12.6. The second-order valence-corrected chi connectivity index (χ2v) is 8.70. The topological polar surface area (TPSA) is 88.4 Å². The van der Waals surface area contributed by atoms with Crippen LogP contribution in [0.2, 0.25) is 0 Å². The van der Waals surface area contributed by atoms with Gasteiger partial charge in [-0.05, 0) is 29.4 Å². The van der Waals surface area contributed by atoms with Crippen LogP contribution in [-0.2, 0) is 6.42 Å². The molecule has 0 saturated heterocycles. The van der Waals surface area contributed by atoms with E-state index in [1.807, 2.05) is 26.0 Å². The van der Waals surface area contributed by atoms with E-state index in [0.29, 0.717) is 23.7 Å². The van der Waals surface area contributed by atoms with Gasteiger partial charge in [-0.2, -0.15) is 0 Å². The molecule has 3 N–H and O–H groups in total. The highest BCUT2D eigenvalue weighted by atomic mass is 31.2. The molecule has 0 fully saturated rings. The molecule has 0 heterocycles. The number of rotatable bonds is 8. The normalized spacial score (nSPS) is 11.5. The van der Waals surface area contributed by atoms with Gasteiger partial charge in [0, 0.05) is 24.1 Å². The summed E-state index contributed by atoms with van der Waals surface area (Å²) in [5.74, 6) is 2.01. The number of hydrogen-bond donors (Lipinski definition) is 3. The van der Waals surface area contributed by atoms with E-state index in [1.165, 1.54) is 0 Å². The van der Waals surface area contributed by atoms with Crippen molar-refractivity contribution < 1.29 is 29.1 Å². The summed E-state index contributed by atoms with van der Waals surface area (Å²) in [6, 6.07) is 8.89. The second-order valence-electron chi connectivity index (χ2n) is 6.68. The van der Waals surface area contributed by atoms with Gasteiger partial charge >= 0.3 is 0 Å². The molecule has 27 heavy (non-hydrogen) atoms. The molecule has 0 saturated carbocycles. The highest BCUT2D eigenvalue weighted by Gasteiger charge is 2.16. The highest BCUT2D eigenvalue weighted by molar-refractivity contribution is 7.62. The summed E-state index contributed by atoms with van der Waals surface area (Å²) in [4.78, 5) is 18.8. The number of benzene rings is 2. The fourth-order valence-corrected chi connectivity index (χ4v) is 3.13. The standard InChI is InChI=1S/C20H27O6P/c1-13(2)16-8-14(6-7-18(16)21)9-17-19(24-3)10-15(11-20(17)25-4)26-12-27(5,22)23/h6-8,10-11,13,21-23H,5,9,12H2,1-4H3. The Morgan fingerprint density at radius 1 is 1.04 bits per heavy atom. The highest BCUT2D eigenvalue weighted by Crippen LogP contribution is 2.39. The van der Waals surface area contributed by atoms with Crippen LogP contribution in [0.3, 0.4) is 0 Å². The molecule has 7 heteroatoms. The average molecular weight is 394 g/mol. The molecule has 0 aromatic heterocycles. The number of phenols is 1. The largest absolute Gasteiger partial charge is 0.508 e. The third-order valence-corrected chi connectivity index (χ3v) is 4.66. The van der Waals surface area contributed by atoms with Crippen LogP contribution in [0.5, 0.6) is 23.0 Å². The maximum Gasteiger partial charge on any atom is 0.152 e. The van der Waals surface area contributed by atoms with Gasteiger partial charge in [-0.15, -0.1) is 0 Å². The predicted octanol–water partition coefficient (Wildman–Crippen LogP) is 3.72. The van der Waals surface area contributed by atoms with Gasteiger partial charge in [0.1, 0.15) is 30.3 Å². The molecule has 0 bridgehead atoms. The molecule has 0 spiro atoms. The summed E-state index contributed by atoms with van der Waals surface area (Å²) in [5, 5.41) is 10.0. The molecule has 0 amide bonds. The Labute approximate surface area is 160 Å². The molecule has 0 atom stereocenters. The van der Waals surface area contributed by atoms with Crippen molar-refractivity contribution in [2.75, 3.05) is 20.6 Å². The zero-order valence-corrected chi connectivity index (χ0v) is 17.0. The van der Waals surface area contributed by atoms with E-state index in [1.54, 1.807) is 32.4 Å². The van der Waals surface area contributed by atoms with Gasteiger partial charge in [0.25, 0.3) is 0 Å². The van der Waals surface area contributed by atoms with Gasteiger partial charge in [0.15, 0.2) is 6.35 Å². The Morgan fingerprint density at radius 3 is 2.11 bits per heavy atom. The van der Waals surface area contributed by atoms with Crippen LogP contribution < -0.4 is 14.2 Å². The summed E-state index contributed by atoms with van der Waals surface area (Å²) in [6.45, 7) is 4.05. The van der Waals surface area contributed by atoms with Crippen LogP contribution >= 0.6 is 7.34 Å². The first-order valence-electron chi connectivity index (χ1n) is 8.52. The van der Waals surface area contributed by atoms with Crippen LogP contribution in [0.25, 0.3) is 0 Å². The molecule has 0 aliphatic carbocycles. The third kappa shape index (κ3) is 5.67. The van der Waals surface area contributed by atoms with Crippen molar-refractivity contribution in [3.63, 3.8) is 0 Å². The molecule has 0 unspecified atom stereocenters. The van der Waals surface area contributed by atoms with Crippen molar-refractivity contribution in [1.29, 1.82) is 0 Å². The first kappa shape index (κ1) is 21.2. The lowest BCUT2D eigenvalue weighted by molar-refractivity contribution is 0.335.